The second-order valence-corrected chi connectivity index (χ2v) is 4.93. The summed E-state index contributed by atoms with van der Waals surface area (Å²) < 4.78 is 18.5. The molecule has 98 valence electrons. The van der Waals surface area contributed by atoms with Crippen LogP contribution in [0.25, 0.3) is 0 Å². The molecule has 4 heteroatoms. The fraction of sp³-hybridized carbons (Fsp3) is 0.500. The zero-order chi connectivity index (χ0) is 13.2. The maximum absolute atomic E-state index is 13.7. The van der Waals surface area contributed by atoms with E-state index in [0.29, 0.717) is 12.2 Å². The maximum atomic E-state index is 13.7. The molecule has 1 aromatic carbocycles. The van der Waals surface area contributed by atoms with Crippen molar-refractivity contribution in [2.24, 2.45) is 5.41 Å². The lowest BCUT2D eigenvalue weighted by Gasteiger charge is -2.42. The van der Waals surface area contributed by atoms with Gasteiger partial charge in [-0.05, 0) is 25.0 Å². The number of para-hydroxylation sites is 1. The van der Waals surface area contributed by atoms with Crippen LogP contribution >= 0.6 is 0 Å². The number of hydrogen-bond donors (Lipinski definition) is 0. The van der Waals surface area contributed by atoms with Crippen molar-refractivity contribution in [1.29, 1.82) is 0 Å². The topological polar surface area (TPSA) is 29.5 Å². The number of nitrogens with zero attached hydrogens (tertiary/aromatic N) is 1. The van der Waals surface area contributed by atoms with Crippen molar-refractivity contribution in [2.45, 2.75) is 19.3 Å². The third-order valence-electron chi connectivity index (χ3n) is 3.73. The molecule has 0 aromatic heterocycles. The Morgan fingerprint density at radius 2 is 2.11 bits per heavy atom. The molecule has 0 bridgehead atoms. The van der Waals surface area contributed by atoms with Gasteiger partial charge in [-0.1, -0.05) is 18.6 Å². The van der Waals surface area contributed by atoms with Crippen LogP contribution in [-0.2, 0) is 9.53 Å². The van der Waals surface area contributed by atoms with Gasteiger partial charge < -0.3 is 9.64 Å². The highest BCUT2D eigenvalue weighted by Crippen LogP contribution is 2.43. The van der Waals surface area contributed by atoms with Gasteiger partial charge in [-0.15, -0.1) is 0 Å². The molecule has 1 fully saturated rings. The minimum absolute atomic E-state index is 0.183. The number of anilines is 1. The highest BCUT2D eigenvalue weighted by molar-refractivity contribution is 5.78. The van der Waals surface area contributed by atoms with E-state index >= 15 is 0 Å². The Morgan fingerprint density at radius 1 is 1.44 bits per heavy atom. The first-order valence-corrected chi connectivity index (χ1v) is 6.13. The van der Waals surface area contributed by atoms with Crippen molar-refractivity contribution in [3.63, 3.8) is 0 Å². The van der Waals surface area contributed by atoms with E-state index in [1.807, 2.05) is 0 Å². The summed E-state index contributed by atoms with van der Waals surface area (Å²) >= 11 is 0. The van der Waals surface area contributed by atoms with E-state index < -0.39 is 5.41 Å². The third-order valence-corrected chi connectivity index (χ3v) is 3.73. The Morgan fingerprint density at radius 3 is 2.61 bits per heavy atom. The van der Waals surface area contributed by atoms with Crippen molar-refractivity contribution < 1.29 is 13.9 Å². The molecule has 0 atom stereocenters. The number of carbonyl (C=O) groups is 1. The van der Waals surface area contributed by atoms with Crippen molar-refractivity contribution in [3.8, 4) is 0 Å². The predicted molar refractivity (Wildman–Crippen MR) is 68.0 cm³/mol. The molecule has 18 heavy (non-hydrogen) atoms. The zero-order valence-corrected chi connectivity index (χ0v) is 10.8. The Hall–Kier alpha value is -1.58. The first-order chi connectivity index (χ1) is 8.59. The molecule has 0 heterocycles. The molecule has 0 aliphatic heterocycles. The van der Waals surface area contributed by atoms with Gasteiger partial charge in [-0.3, -0.25) is 4.79 Å². The van der Waals surface area contributed by atoms with Crippen LogP contribution in [0, 0.1) is 11.2 Å². The summed E-state index contributed by atoms with van der Waals surface area (Å²) in [6, 6.07) is 6.60. The van der Waals surface area contributed by atoms with E-state index in [1.54, 1.807) is 30.1 Å². The fourth-order valence-corrected chi connectivity index (χ4v) is 2.55. The van der Waals surface area contributed by atoms with Crippen LogP contribution in [0.5, 0.6) is 0 Å². The summed E-state index contributed by atoms with van der Waals surface area (Å²) in [5, 5.41) is 0. The molecule has 1 aliphatic carbocycles. The lowest BCUT2D eigenvalue weighted by Crippen LogP contribution is -2.47. The molecule has 0 saturated heterocycles. The van der Waals surface area contributed by atoms with Crippen molar-refractivity contribution >= 4 is 11.7 Å². The molecule has 0 N–H and O–H groups in total. The lowest BCUT2D eigenvalue weighted by molar-refractivity contribution is -0.157. The van der Waals surface area contributed by atoms with Crippen LogP contribution in [0.4, 0.5) is 10.1 Å². The van der Waals surface area contributed by atoms with Gasteiger partial charge >= 0.3 is 5.97 Å². The molecule has 1 aromatic rings. The summed E-state index contributed by atoms with van der Waals surface area (Å²) in [5.74, 6) is -0.448. The van der Waals surface area contributed by atoms with E-state index in [0.717, 1.165) is 19.3 Å². The second kappa shape index (κ2) is 4.96. The summed E-state index contributed by atoms with van der Waals surface area (Å²) in [6.07, 6.45) is 2.66. The van der Waals surface area contributed by atoms with Crippen molar-refractivity contribution in [1.82, 2.24) is 0 Å². The number of esters is 1. The predicted octanol–water partition coefficient (Wildman–Crippen LogP) is 2.61. The van der Waals surface area contributed by atoms with E-state index in [-0.39, 0.29) is 11.8 Å². The fourth-order valence-electron chi connectivity index (χ4n) is 2.55. The molecule has 1 saturated carbocycles. The normalized spacial score (nSPS) is 16.8. The highest BCUT2D eigenvalue weighted by Gasteiger charge is 2.46. The minimum atomic E-state index is -0.453. The lowest BCUT2D eigenvalue weighted by atomic mass is 9.68. The zero-order valence-electron chi connectivity index (χ0n) is 10.8. The van der Waals surface area contributed by atoms with Crippen LogP contribution < -0.4 is 4.90 Å². The third kappa shape index (κ3) is 2.19. The average Bonchev–Trinajstić information content (AvgIpc) is 2.33. The smallest absolute Gasteiger partial charge is 0.313 e. The maximum Gasteiger partial charge on any atom is 0.313 e. The van der Waals surface area contributed by atoms with Crippen LogP contribution in [0.15, 0.2) is 24.3 Å². The molecule has 0 spiro atoms. The Labute approximate surface area is 107 Å². The molecule has 3 nitrogen and oxygen atoms in total. The standard InChI is InChI=1S/C14H18FNO2/c1-16(12-7-4-3-6-11(12)15)10-14(8-5-9-14)13(17)18-2/h3-4,6-7H,5,8-10H2,1-2H3. The molecule has 2 rings (SSSR count). The number of halogens is 1. The Balaban J connectivity index is 2.13. The number of benzene rings is 1. The van der Waals surface area contributed by atoms with Crippen LogP contribution in [0.3, 0.4) is 0 Å². The number of carbonyl (C=O) groups excluding carboxylic acids is 1. The molecule has 0 unspecified atom stereocenters. The van der Waals surface area contributed by atoms with E-state index in [1.165, 1.54) is 13.2 Å². The highest BCUT2D eigenvalue weighted by atomic mass is 19.1. The molecule has 0 amide bonds. The minimum Gasteiger partial charge on any atom is -0.469 e. The summed E-state index contributed by atoms with van der Waals surface area (Å²) in [6.45, 7) is 0.501. The first-order valence-electron chi connectivity index (χ1n) is 6.13. The van der Waals surface area contributed by atoms with Crippen LogP contribution in [0.1, 0.15) is 19.3 Å². The SMILES string of the molecule is COC(=O)C1(CN(C)c2ccccc2F)CCC1. The molecule has 0 radical (unpaired) electrons. The monoisotopic (exact) mass is 251 g/mol. The van der Waals surface area contributed by atoms with E-state index in [9.17, 15) is 9.18 Å². The Kier molecular flexibility index (Phi) is 3.55. The molecule has 1 aliphatic rings. The summed E-state index contributed by atoms with van der Waals surface area (Å²) in [5.41, 5.74) is 0.0684. The largest absolute Gasteiger partial charge is 0.469 e. The number of ether oxygens (including phenoxy) is 1. The first kappa shape index (κ1) is 12.9. The van der Waals surface area contributed by atoms with E-state index in [2.05, 4.69) is 0 Å². The van der Waals surface area contributed by atoms with Gasteiger partial charge in [0, 0.05) is 13.6 Å². The van der Waals surface area contributed by atoms with Crippen molar-refractivity contribution in [3.05, 3.63) is 30.1 Å². The van der Waals surface area contributed by atoms with Crippen LogP contribution in [0.2, 0.25) is 0 Å². The van der Waals surface area contributed by atoms with Gasteiger partial charge in [0.05, 0.1) is 18.2 Å². The van der Waals surface area contributed by atoms with E-state index in [4.69, 9.17) is 4.74 Å². The quantitative estimate of drug-likeness (QED) is 0.770. The Bertz CT molecular complexity index is 443. The average molecular weight is 251 g/mol. The van der Waals surface area contributed by atoms with Crippen LogP contribution in [-0.4, -0.2) is 26.7 Å². The molecular weight excluding hydrogens is 233 g/mol. The number of hydrogen-bond acceptors (Lipinski definition) is 3. The summed E-state index contributed by atoms with van der Waals surface area (Å²) in [4.78, 5) is 13.6. The molecular formula is C14H18FNO2. The number of rotatable bonds is 4. The summed E-state index contributed by atoms with van der Waals surface area (Å²) in [7, 11) is 3.22. The number of methoxy groups -OCH3 is 1. The van der Waals surface area contributed by atoms with Crippen molar-refractivity contribution in [2.75, 3.05) is 25.6 Å². The van der Waals surface area contributed by atoms with Gasteiger partial charge in [0.2, 0.25) is 0 Å². The van der Waals surface area contributed by atoms with Gasteiger partial charge in [0.15, 0.2) is 0 Å². The van der Waals surface area contributed by atoms with Gasteiger partial charge in [0.25, 0.3) is 0 Å². The van der Waals surface area contributed by atoms with Gasteiger partial charge in [-0.25, -0.2) is 4.39 Å². The van der Waals surface area contributed by atoms with Gasteiger partial charge in [0.1, 0.15) is 5.82 Å². The van der Waals surface area contributed by atoms with Gasteiger partial charge in [-0.2, -0.15) is 0 Å². The second-order valence-electron chi connectivity index (χ2n) is 4.93.